The standard InChI is InChI=1S/C21H23NO3S/c1-26-15-20(23)22-13-5-6-17(14-22)21(24)16-9-11-19(12-10-16)25-18-7-3-2-4-8-18/h2-4,7-12,17H,5-6,13-15H2,1H3. The van der Waals surface area contributed by atoms with Crippen LogP contribution in [-0.4, -0.2) is 41.7 Å². The number of rotatable bonds is 6. The number of benzene rings is 2. The Hall–Kier alpha value is -2.27. The smallest absolute Gasteiger partial charge is 0.232 e. The Balaban J connectivity index is 1.63. The monoisotopic (exact) mass is 369 g/mol. The summed E-state index contributed by atoms with van der Waals surface area (Å²) in [5, 5.41) is 0. The maximum absolute atomic E-state index is 12.8. The molecule has 26 heavy (non-hydrogen) atoms. The molecule has 1 aliphatic heterocycles. The summed E-state index contributed by atoms with van der Waals surface area (Å²) in [6.07, 6.45) is 3.64. The largest absolute Gasteiger partial charge is 0.457 e. The number of hydrogen-bond donors (Lipinski definition) is 0. The van der Waals surface area contributed by atoms with Gasteiger partial charge in [0.1, 0.15) is 11.5 Å². The lowest BCUT2D eigenvalue weighted by Gasteiger charge is -2.32. The van der Waals surface area contributed by atoms with E-state index in [0.29, 0.717) is 23.6 Å². The highest BCUT2D eigenvalue weighted by Crippen LogP contribution is 2.25. The molecule has 0 spiro atoms. The first-order valence-electron chi connectivity index (χ1n) is 8.81. The SMILES string of the molecule is CSCC(=O)N1CCCC(C(=O)c2ccc(Oc3ccccc3)cc2)C1. The molecule has 4 nitrogen and oxygen atoms in total. The van der Waals surface area contributed by atoms with Crippen molar-refractivity contribution < 1.29 is 14.3 Å². The first-order valence-corrected chi connectivity index (χ1v) is 10.2. The van der Waals surface area contributed by atoms with Crippen LogP contribution in [0, 0.1) is 5.92 Å². The van der Waals surface area contributed by atoms with Gasteiger partial charge in [0.05, 0.1) is 5.75 Å². The van der Waals surface area contributed by atoms with Crippen molar-refractivity contribution in [3.05, 3.63) is 60.2 Å². The van der Waals surface area contributed by atoms with Gasteiger partial charge in [-0.2, -0.15) is 11.8 Å². The first kappa shape index (κ1) is 18.5. The van der Waals surface area contributed by atoms with Gasteiger partial charge in [0.15, 0.2) is 5.78 Å². The van der Waals surface area contributed by atoms with Crippen LogP contribution in [0.2, 0.25) is 0 Å². The van der Waals surface area contributed by atoms with Crippen LogP contribution in [0.4, 0.5) is 0 Å². The summed E-state index contributed by atoms with van der Waals surface area (Å²) in [6, 6.07) is 16.8. The van der Waals surface area contributed by atoms with Gasteiger partial charge < -0.3 is 9.64 Å². The van der Waals surface area contributed by atoms with Crippen LogP contribution in [0.25, 0.3) is 0 Å². The summed E-state index contributed by atoms with van der Waals surface area (Å²) < 4.78 is 5.77. The number of nitrogens with zero attached hydrogens (tertiary/aromatic N) is 1. The highest BCUT2D eigenvalue weighted by Gasteiger charge is 2.28. The Kier molecular flexibility index (Phi) is 6.34. The van der Waals surface area contributed by atoms with Crippen LogP contribution < -0.4 is 4.74 Å². The zero-order chi connectivity index (χ0) is 18.4. The second kappa shape index (κ2) is 8.90. The molecule has 2 aromatic carbocycles. The molecule has 1 aliphatic rings. The molecule has 0 aromatic heterocycles. The van der Waals surface area contributed by atoms with E-state index in [-0.39, 0.29) is 17.6 Å². The highest BCUT2D eigenvalue weighted by atomic mass is 32.2. The average molecular weight is 369 g/mol. The quantitative estimate of drug-likeness (QED) is 0.714. The van der Waals surface area contributed by atoms with E-state index < -0.39 is 0 Å². The van der Waals surface area contributed by atoms with E-state index in [1.807, 2.05) is 65.8 Å². The van der Waals surface area contributed by atoms with E-state index in [2.05, 4.69) is 0 Å². The molecule has 5 heteroatoms. The lowest BCUT2D eigenvalue weighted by atomic mass is 9.90. The molecule has 1 heterocycles. The van der Waals surface area contributed by atoms with Crippen molar-refractivity contribution in [1.82, 2.24) is 4.90 Å². The van der Waals surface area contributed by atoms with Gasteiger partial charge in [0.2, 0.25) is 5.91 Å². The maximum atomic E-state index is 12.8. The number of amides is 1. The van der Waals surface area contributed by atoms with Gasteiger partial charge in [0.25, 0.3) is 0 Å². The van der Waals surface area contributed by atoms with E-state index in [4.69, 9.17) is 4.74 Å². The summed E-state index contributed by atoms with van der Waals surface area (Å²) in [5.74, 6) is 2.07. The maximum Gasteiger partial charge on any atom is 0.232 e. The number of thioether (sulfide) groups is 1. The lowest BCUT2D eigenvalue weighted by molar-refractivity contribution is -0.129. The number of hydrogen-bond acceptors (Lipinski definition) is 4. The molecule has 1 saturated heterocycles. The predicted molar refractivity (Wildman–Crippen MR) is 105 cm³/mol. The van der Waals surface area contributed by atoms with E-state index in [1.165, 1.54) is 11.8 Å². The van der Waals surface area contributed by atoms with Gasteiger partial charge >= 0.3 is 0 Å². The van der Waals surface area contributed by atoms with Crippen molar-refractivity contribution in [2.45, 2.75) is 12.8 Å². The second-order valence-electron chi connectivity index (χ2n) is 6.42. The molecule has 0 radical (unpaired) electrons. The van der Waals surface area contributed by atoms with Crippen LogP contribution in [0.1, 0.15) is 23.2 Å². The number of ether oxygens (including phenoxy) is 1. The van der Waals surface area contributed by atoms with Gasteiger partial charge in [-0.25, -0.2) is 0 Å². The van der Waals surface area contributed by atoms with Crippen LogP contribution in [0.5, 0.6) is 11.5 Å². The topological polar surface area (TPSA) is 46.6 Å². The molecule has 3 rings (SSSR count). The first-order chi connectivity index (χ1) is 12.7. The van der Waals surface area contributed by atoms with Crippen molar-refractivity contribution >= 4 is 23.5 Å². The molecule has 2 aromatic rings. The third kappa shape index (κ3) is 4.67. The van der Waals surface area contributed by atoms with E-state index in [9.17, 15) is 9.59 Å². The Morgan fingerprint density at radius 1 is 1.08 bits per heavy atom. The third-order valence-electron chi connectivity index (χ3n) is 4.53. The second-order valence-corrected chi connectivity index (χ2v) is 7.28. The van der Waals surface area contributed by atoms with Crippen LogP contribution >= 0.6 is 11.8 Å². The molecule has 1 atom stereocenters. The minimum absolute atomic E-state index is 0.109. The summed E-state index contributed by atoms with van der Waals surface area (Å²) in [6.45, 7) is 1.29. The van der Waals surface area contributed by atoms with Crippen molar-refractivity contribution in [1.29, 1.82) is 0 Å². The average Bonchev–Trinajstić information content (AvgIpc) is 2.69. The van der Waals surface area contributed by atoms with E-state index >= 15 is 0 Å². The van der Waals surface area contributed by atoms with Crippen molar-refractivity contribution in [3.63, 3.8) is 0 Å². The highest BCUT2D eigenvalue weighted by molar-refractivity contribution is 7.99. The molecule has 1 unspecified atom stereocenters. The number of piperidine rings is 1. The van der Waals surface area contributed by atoms with Crippen LogP contribution in [0.15, 0.2) is 54.6 Å². The zero-order valence-electron chi connectivity index (χ0n) is 14.9. The number of para-hydroxylation sites is 1. The van der Waals surface area contributed by atoms with Crippen LogP contribution in [-0.2, 0) is 4.79 Å². The number of carbonyl (C=O) groups is 2. The van der Waals surface area contributed by atoms with Crippen molar-refractivity contribution in [3.8, 4) is 11.5 Å². The van der Waals surface area contributed by atoms with Gasteiger partial charge in [-0.3, -0.25) is 9.59 Å². The summed E-state index contributed by atoms with van der Waals surface area (Å²) >= 11 is 1.52. The Morgan fingerprint density at radius 2 is 1.77 bits per heavy atom. The molecule has 136 valence electrons. The Morgan fingerprint density at radius 3 is 2.46 bits per heavy atom. The van der Waals surface area contributed by atoms with Gasteiger partial charge in [0, 0.05) is 24.6 Å². The van der Waals surface area contributed by atoms with Gasteiger partial charge in [-0.15, -0.1) is 0 Å². The summed E-state index contributed by atoms with van der Waals surface area (Å²) in [4.78, 5) is 26.7. The molecule has 0 bridgehead atoms. The predicted octanol–water partition coefficient (Wildman–Crippen LogP) is 4.26. The number of ketones is 1. The normalized spacial score (nSPS) is 17.0. The fourth-order valence-corrected chi connectivity index (χ4v) is 3.61. The fraction of sp³-hybridized carbons (Fsp3) is 0.333. The molecular formula is C21H23NO3S. The van der Waals surface area contributed by atoms with E-state index in [1.54, 1.807) is 0 Å². The lowest BCUT2D eigenvalue weighted by Crippen LogP contribution is -2.43. The number of Topliss-reactive ketones (excluding diaryl/α,β-unsaturated/α-hetero) is 1. The molecule has 0 saturated carbocycles. The van der Waals surface area contributed by atoms with Gasteiger partial charge in [-0.05, 0) is 55.5 Å². The third-order valence-corrected chi connectivity index (χ3v) is 5.07. The molecule has 0 aliphatic carbocycles. The van der Waals surface area contributed by atoms with Crippen LogP contribution in [0.3, 0.4) is 0 Å². The summed E-state index contributed by atoms with van der Waals surface area (Å²) in [5.41, 5.74) is 0.676. The van der Waals surface area contributed by atoms with E-state index in [0.717, 1.165) is 25.1 Å². The van der Waals surface area contributed by atoms with Gasteiger partial charge in [-0.1, -0.05) is 18.2 Å². The molecule has 1 amide bonds. The minimum atomic E-state index is -0.115. The molecule has 1 fully saturated rings. The fourth-order valence-electron chi connectivity index (χ4n) is 3.18. The Labute approximate surface area is 158 Å². The van der Waals surface area contributed by atoms with Crippen molar-refractivity contribution in [2.24, 2.45) is 5.92 Å². The number of carbonyl (C=O) groups excluding carboxylic acids is 2. The van der Waals surface area contributed by atoms with Crippen molar-refractivity contribution in [2.75, 3.05) is 25.1 Å². The zero-order valence-corrected chi connectivity index (χ0v) is 15.7. The molecular weight excluding hydrogens is 346 g/mol. The number of likely N-dealkylation sites (tertiary alicyclic amines) is 1. The summed E-state index contributed by atoms with van der Waals surface area (Å²) in [7, 11) is 0. The minimum Gasteiger partial charge on any atom is -0.457 e. The molecule has 0 N–H and O–H groups in total. The Bertz CT molecular complexity index is 746.